The van der Waals surface area contributed by atoms with Gasteiger partial charge in [0.1, 0.15) is 6.33 Å². The molecule has 0 unspecified atom stereocenters. The third kappa shape index (κ3) is 4.05. The average molecular weight is 250 g/mol. The molecule has 2 heterocycles. The van der Waals surface area contributed by atoms with Crippen LogP contribution in [-0.2, 0) is 4.74 Å². The van der Waals surface area contributed by atoms with E-state index in [2.05, 4.69) is 20.6 Å². The van der Waals surface area contributed by atoms with Gasteiger partial charge in [-0.25, -0.2) is 9.97 Å². The van der Waals surface area contributed by atoms with E-state index in [0.717, 1.165) is 25.9 Å². The molecule has 18 heavy (non-hydrogen) atoms. The Morgan fingerprint density at radius 3 is 2.83 bits per heavy atom. The molecule has 98 valence electrons. The fourth-order valence-corrected chi connectivity index (χ4v) is 1.87. The normalized spacial score (nSPS) is 16.4. The Morgan fingerprint density at radius 1 is 1.39 bits per heavy atom. The molecule has 0 radical (unpaired) electrons. The third-order valence-corrected chi connectivity index (χ3v) is 2.85. The SMILES string of the molecule is O=C(NCCOC1CCNCC1)c1cncnc1. The number of nitrogens with one attached hydrogen (secondary N) is 2. The smallest absolute Gasteiger partial charge is 0.254 e. The lowest BCUT2D eigenvalue weighted by Gasteiger charge is -2.22. The molecule has 2 N–H and O–H groups in total. The topological polar surface area (TPSA) is 76.1 Å². The van der Waals surface area contributed by atoms with Crippen LogP contribution >= 0.6 is 0 Å². The lowest BCUT2D eigenvalue weighted by molar-refractivity contribution is 0.0343. The highest BCUT2D eigenvalue weighted by atomic mass is 16.5. The molecule has 1 aromatic rings. The maximum absolute atomic E-state index is 11.6. The zero-order chi connectivity index (χ0) is 12.6. The average Bonchev–Trinajstić information content (AvgIpc) is 2.45. The Balaban J connectivity index is 1.62. The second-order valence-corrected chi connectivity index (χ2v) is 4.20. The second kappa shape index (κ2) is 7.03. The molecular weight excluding hydrogens is 232 g/mol. The minimum Gasteiger partial charge on any atom is -0.376 e. The van der Waals surface area contributed by atoms with Crippen LogP contribution in [0, 0.1) is 0 Å². The van der Waals surface area contributed by atoms with Gasteiger partial charge in [0.05, 0.1) is 18.3 Å². The molecule has 0 aliphatic carbocycles. The van der Waals surface area contributed by atoms with Crippen LogP contribution in [-0.4, -0.2) is 48.2 Å². The van der Waals surface area contributed by atoms with Crippen LogP contribution < -0.4 is 10.6 Å². The number of aromatic nitrogens is 2. The van der Waals surface area contributed by atoms with Gasteiger partial charge < -0.3 is 15.4 Å². The Kier molecular flexibility index (Phi) is 5.04. The first-order chi connectivity index (χ1) is 8.86. The van der Waals surface area contributed by atoms with Crippen molar-refractivity contribution in [3.05, 3.63) is 24.3 Å². The van der Waals surface area contributed by atoms with Crippen molar-refractivity contribution in [3.63, 3.8) is 0 Å². The fourth-order valence-electron chi connectivity index (χ4n) is 1.87. The molecule has 0 aromatic carbocycles. The van der Waals surface area contributed by atoms with Crippen molar-refractivity contribution in [1.29, 1.82) is 0 Å². The lowest BCUT2D eigenvalue weighted by Crippen LogP contribution is -2.34. The van der Waals surface area contributed by atoms with Gasteiger partial charge in [-0.2, -0.15) is 0 Å². The Morgan fingerprint density at radius 2 is 2.11 bits per heavy atom. The van der Waals surface area contributed by atoms with Gasteiger partial charge in [-0.05, 0) is 25.9 Å². The zero-order valence-corrected chi connectivity index (χ0v) is 10.3. The Hall–Kier alpha value is -1.53. The van der Waals surface area contributed by atoms with Gasteiger partial charge in [0.2, 0.25) is 0 Å². The summed E-state index contributed by atoms with van der Waals surface area (Å²) in [6, 6.07) is 0. The van der Waals surface area contributed by atoms with Crippen molar-refractivity contribution in [1.82, 2.24) is 20.6 Å². The predicted octanol–water partition coefficient (Wildman–Crippen LogP) is -0.0250. The maximum atomic E-state index is 11.6. The number of ether oxygens (including phenoxy) is 1. The van der Waals surface area contributed by atoms with E-state index in [1.165, 1.54) is 18.7 Å². The number of hydrogen-bond donors (Lipinski definition) is 2. The van der Waals surface area contributed by atoms with Crippen LogP contribution in [0.4, 0.5) is 0 Å². The van der Waals surface area contributed by atoms with Crippen LogP contribution in [0.1, 0.15) is 23.2 Å². The van der Waals surface area contributed by atoms with Crippen molar-refractivity contribution in [3.8, 4) is 0 Å². The van der Waals surface area contributed by atoms with Crippen molar-refractivity contribution in [2.24, 2.45) is 0 Å². The Bertz CT molecular complexity index is 366. The standard InChI is InChI=1S/C12H18N4O2/c17-12(10-7-14-9-15-8-10)16-5-6-18-11-1-3-13-4-2-11/h7-9,11,13H,1-6H2,(H,16,17). The van der Waals surface area contributed by atoms with E-state index in [1.54, 1.807) is 0 Å². The summed E-state index contributed by atoms with van der Waals surface area (Å²) in [5, 5.41) is 6.06. The van der Waals surface area contributed by atoms with Crippen LogP contribution in [0.3, 0.4) is 0 Å². The lowest BCUT2D eigenvalue weighted by atomic mass is 10.1. The highest BCUT2D eigenvalue weighted by molar-refractivity contribution is 5.93. The summed E-state index contributed by atoms with van der Waals surface area (Å²) in [4.78, 5) is 19.2. The first kappa shape index (κ1) is 12.9. The van der Waals surface area contributed by atoms with Crippen molar-refractivity contribution < 1.29 is 9.53 Å². The van der Waals surface area contributed by atoms with Gasteiger partial charge in [-0.3, -0.25) is 4.79 Å². The summed E-state index contributed by atoms with van der Waals surface area (Å²) in [5.41, 5.74) is 0.472. The van der Waals surface area contributed by atoms with E-state index in [0.29, 0.717) is 24.8 Å². The van der Waals surface area contributed by atoms with E-state index in [9.17, 15) is 4.79 Å². The van der Waals surface area contributed by atoms with Crippen LogP contribution in [0.25, 0.3) is 0 Å². The number of carbonyl (C=O) groups excluding carboxylic acids is 1. The molecule has 1 amide bonds. The molecule has 0 saturated carbocycles. The number of carbonyl (C=O) groups is 1. The van der Waals surface area contributed by atoms with Gasteiger partial charge in [-0.15, -0.1) is 0 Å². The summed E-state index contributed by atoms with van der Waals surface area (Å²) in [5.74, 6) is -0.162. The predicted molar refractivity (Wildman–Crippen MR) is 66.2 cm³/mol. The number of piperidine rings is 1. The third-order valence-electron chi connectivity index (χ3n) is 2.85. The number of amides is 1. The first-order valence-corrected chi connectivity index (χ1v) is 6.22. The van der Waals surface area contributed by atoms with Crippen LogP contribution in [0.2, 0.25) is 0 Å². The van der Waals surface area contributed by atoms with E-state index in [4.69, 9.17) is 4.74 Å². The van der Waals surface area contributed by atoms with Crippen LogP contribution in [0.15, 0.2) is 18.7 Å². The summed E-state index contributed by atoms with van der Waals surface area (Å²) in [6.45, 7) is 3.08. The minimum absolute atomic E-state index is 0.162. The van der Waals surface area contributed by atoms with E-state index in [1.807, 2.05) is 0 Å². The first-order valence-electron chi connectivity index (χ1n) is 6.22. The van der Waals surface area contributed by atoms with Gasteiger partial charge >= 0.3 is 0 Å². The van der Waals surface area contributed by atoms with Gasteiger partial charge in [0.15, 0.2) is 0 Å². The van der Waals surface area contributed by atoms with E-state index < -0.39 is 0 Å². The fraction of sp³-hybridized carbons (Fsp3) is 0.583. The van der Waals surface area contributed by atoms with Gasteiger partial charge in [-0.1, -0.05) is 0 Å². The van der Waals surface area contributed by atoms with Crippen molar-refractivity contribution in [2.75, 3.05) is 26.2 Å². The van der Waals surface area contributed by atoms with Crippen molar-refractivity contribution in [2.45, 2.75) is 18.9 Å². The highest BCUT2D eigenvalue weighted by Gasteiger charge is 2.13. The summed E-state index contributed by atoms with van der Waals surface area (Å²) >= 11 is 0. The molecule has 2 rings (SSSR count). The van der Waals surface area contributed by atoms with Crippen molar-refractivity contribution >= 4 is 5.91 Å². The molecule has 1 saturated heterocycles. The van der Waals surface area contributed by atoms with E-state index >= 15 is 0 Å². The molecule has 1 aliphatic rings. The molecule has 1 aromatic heterocycles. The Labute approximate surface area is 106 Å². The molecule has 0 atom stereocenters. The summed E-state index contributed by atoms with van der Waals surface area (Å²) in [7, 11) is 0. The molecule has 1 aliphatic heterocycles. The number of nitrogens with zero attached hydrogens (tertiary/aromatic N) is 2. The second-order valence-electron chi connectivity index (χ2n) is 4.20. The molecule has 0 spiro atoms. The largest absolute Gasteiger partial charge is 0.376 e. The van der Waals surface area contributed by atoms with Crippen LogP contribution in [0.5, 0.6) is 0 Å². The molecule has 6 nitrogen and oxygen atoms in total. The maximum Gasteiger partial charge on any atom is 0.254 e. The highest BCUT2D eigenvalue weighted by Crippen LogP contribution is 2.06. The monoisotopic (exact) mass is 250 g/mol. The summed E-state index contributed by atoms with van der Waals surface area (Å²) in [6.07, 6.45) is 6.80. The summed E-state index contributed by atoms with van der Waals surface area (Å²) < 4.78 is 5.68. The van der Waals surface area contributed by atoms with Gasteiger partial charge in [0, 0.05) is 18.9 Å². The zero-order valence-electron chi connectivity index (χ0n) is 10.3. The number of rotatable bonds is 5. The molecular formula is C12H18N4O2. The quantitative estimate of drug-likeness (QED) is 0.718. The molecule has 1 fully saturated rings. The van der Waals surface area contributed by atoms with Gasteiger partial charge in [0.25, 0.3) is 5.91 Å². The minimum atomic E-state index is -0.162. The van der Waals surface area contributed by atoms with E-state index in [-0.39, 0.29) is 5.91 Å². The molecule has 0 bridgehead atoms. The molecule has 6 heteroatoms. The number of hydrogen-bond acceptors (Lipinski definition) is 5.